The summed E-state index contributed by atoms with van der Waals surface area (Å²) in [5.74, 6) is 0.385. The van der Waals surface area contributed by atoms with Crippen LogP contribution < -0.4 is 11.1 Å². The molecule has 2 unspecified atom stereocenters. The van der Waals surface area contributed by atoms with E-state index in [0.717, 1.165) is 18.5 Å². The predicted molar refractivity (Wildman–Crippen MR) is 77.5 cm³/mol. The monoisotopic (exact) mass is 272 g/mol. The second-order valence-corrected chi connectivity index (χ2v) is 5.47. The van der Waals surface area contributed by atoms with Crippen molar-refractivity contribution in [3.05, 3.63) is 36.3 Å². The first-order valence-electron chi connectivity index (χ1n) is 7.21. The number of rotatable bonds is 3. The lowest BCUT2D eigenvalue weighted by atomic mass is 9.84. The van der Waals surface area contributed by atoms with Gasteiger partial charge in [0.05, 0.1) is 5.56 Å². The molecule has 3 N–H and O–H groups in total. The van der Waals surface area contributed by atoms with E-state index in [1.165, 1.54) is 12.8 Å². The van der Waals surface area contributed by atoms with Gasteiger partial charge in [-0.3, -0.25) is 4.79 Å². The van der Waals surface area contributed by atoms with Crippen molar-refractivity contribution in [3.8, 4) is 0 Å². The maximum Gasteiger partial charge on any atom is 0.253 e. The fourth-order valence-corrected chi connectivity index (χ4v) is 2.99. The Hall–Kier alpha value is -1.88. The van der Waals surface area contributed by atoms with Crippen molar-refractivity contribution in [1.82, 2.24) is 14.7 Å². The van der Waals surface area contributed by atoms with Crippen LogP contribution >= 0.6 is 0 Å². The van der Waals surface area contributed by atoms with Crippen molar-refractivity contribution < 1.29 is 4.79 Å². The quantitative estimate of drug-likeness (QED) is 0.891. The Morgan fingerprint density at radius 1 is 1.40 bits per heavy atom. The minimum Gasteiger partial charge on any atom is -0.349 e. The van der Waals surface area contributed by atoms with E-state index in [0.29, 0.717) is 18.0 Å². The number of aromatic nitrogens is 2. The highest BCUT2D eigenvalue weighted by atomic mass is 16.1. The lowest BCUT2D eigenvalue weighted by molar-refractivity contribution is 0.0907. The number of fused-ring (bicyclic) bond motifs is 1. The number of nitrogens with one attached hydrogen (secondary N) is 1. The first-order valence-corrected chi connectivity index (χ1v) is 7.21. The van der Waals surface area contributed by atoms with Crippen LogP contribution in [0.1, 0.15) is 36.0 Å². The second-order valence-electron chi connectivity index (χ2n) is 5.47. The van der Waals surface area contributed by atoms with Crippen LogP contribution in [0, 0.1) is 5.92 Å². The van der Waals surface area contributed by atoms with Gasteiger partial charge in [0.1, 0.15) is 5.65 Å². The molecule has 2 aromatic rings. The van der Waals surface area contributed by atoms with Crippen LogP contribution in [0.4, 0.5) is 0 Å². The molecule has 0 saturated heterocycles. The van der Waals surface area contributed by atoms with Crippen molar-refractivity contribution in [3.63, 3.8) is 0 Å². The zero-order valence-electron chi connectivity index (χ0n) is 11.5. The van der Waals surface area contributed by atoms with Crippen molar-refractivity contribution in [2.75, 3.05) is 6.54 Å². The van der Waals surface area contributed by atoms with E-state index in [1.54, 1.807) is 6.20 Å². The number of pyridine rings is 1. The summed E-state index contributed by atoms with van der Waals surface area (Å²) in [6, 6.07) is 3.88. The van der Waals surface area contributed by atoms with Gasteiger partial charge in [-0.05, 0) is 37.4 Å². The molecular weight excluding hydrogens is 252 g/mol. The molecule has 0 bridgehead atoms. The van der Waals surface area contributed by atoms with E-state index in [-0.39, 0.29) is 11.9 Å². The summed E-state index contributed by atoms with van der Waals surface area (Å²) in [7, 11) is 0. The summed E-state index contributed by atoms with van der Waals surface area (Å²) < 4.78 is 1.86. The van der Waals surface area contributed by atoms with Crippen molar-refractivity contribution in [2.24, 2.45) is 11.7 Å². The second kappa shape index (κ2) is 5.63. The summed E-state index contributed by atoms with van der Waals surface area (Å²) in [5.41, 5.74) is 7.31. The van der Waals surface area contributed by atoms with Gasteiger partial charge in [0.2, 0.25) is 0 Å². The molecule has 2 aromatic heterocycles. The molecule has 2 atom stereocenters. The number of hydrogen-bond acceptors (Lipinski definition) is 3. The number of nitrogens with two attached hydrogens (primary N) is 1. The normalized spacial score (nSPS) is 22.9. The van der Waals surface area contributed by atoms with Gasteiger partial charge in [0.15, 0.2) is 0 Å². The van der Waals surface area contributed by atoms with Crippen molar-refractivity contribution in [2.45, 2.75) is 31.7 Å². The van der Waals surface area contributed by atoms with E-state index >= 15 is 0 Å². The SMILES string of the molecule is NCC1CCCCC1NC(=O)c1ccc2nccn2c1. The molecule has 1 saturated carbocycles. The maximum atomic E-state index is 12.4. The van der Waals surface area contributed by atoms with E-state index in [2.05, 4.69) is 10.3 Å². The van der Waals surface area contributed by atoms with Crippen LogP contribution in [-0.2, 0) is 0 Å². The molecule has 0 aromatic carbocycles. The van der Waals surface area contributed by atoms with Gasteiger partial charge < -0.3 is 15.5 Å². The molecule has 106 valence electrons. The smallest absolute Gasteiger partial charge is 0.253 e. The topological polar surface area (TPSA) is 72.4 Å². The first kappa shape index (κ1) is 13.1. The van der Waals surface area contributed by atoms with Gasteiger partial charge >= 0.3 is 0 Å². The molecule has 0 radical (unpaired) electrons. The Morgan fingerprint density at radius 3 is 3.10 bits per heavy atom. The molecule has 3 rings (SSSR count). The Morgan fingerprint density at radius 2 is 2.25 bits per heavy atom. The summed E-state index contributed by atoms with van der Waals surface area (Å²) in [5, 5.41) is 3.14. The summed E-state index contributed by atoms with van der Waals surface area (Å²) in [4.78, 5) is 16.5. The highest BCUT2D eigenvalue weighted by molar-refractivity contribution is 5.94. The van der Waals surface area contributed by atoms with Crippen LogP contribution in [-0.4, -0.2) is 27.9 Å². The highest BCUT2D eigenvalue weighted by Crippen LogP contribution is 2.23. The van der Waals surface area contributed by atoms with Crippen LogP contribution in [0.5, 0.6) is 0 Å². The largest absolute Gasteiger partial charge is 0.349 e. The number of amides is 1. The van der Waals surface area contributed by atoms with Crippen LogP contribution in [0.25, 0.3) is 5.65 Å². The number of carbonyl (C=O) groups excluding carboxylic acids is 1. The fourth-order valence-electron chi connectivity index (χ4n) is 2.99. The standard InChI is InChI=1S/C15H20N4O/c16-9-11-3-1-2-4-13(11)18-15(20)12-5-6-14-17-7-8-19(14)10-12/h5-8,10-11,13H,1-4,9,16H2,(H,18,20). The zero-order valence-corrected chi connectivity index (χ0v) is 11.5. The number of carbonyl (C=O) groups is 1. The highest BCUT2D eigenvalue weighted by Gasteiger charge is 2.25. The third-order valence-electron chi connectivity index (χ3n) is 4.18. The number of nitrogens with zero attached hydrogens (tertiary/aromatic N) is 2. The molecule has 2 heterocycles. The number of imidazole rings is 1. The van der Waals surface area contributed by atoms with Crippen molar-refractivity contribution >= 4 is 11.6 Å². The minimum atomic E-state index is -0.0223. The lowest BCUT2D eigenvalue weighted by Crippen LogP contribution is -2.44. The van der Waals surface area contributed by atoms with Crippen molar-refractivity contribution in [1.29, 1.82) is 0 Å². The molecule has 1 fully saturated rings. The van der Waals surface area contributed by atoms with Gasteiger partial charge in [0.25, 0.3) is 5.91 Å². The minimum absolute atomic E-state index is 0.0223. The fraction of sp³-hybridized carbons (Fsp3) is 0.467. The third-order valence-corrected chi connectivity index (χ3v) is 4.18. The van der Waals surface area contributed by atoms with E-state index in [4.69, 9.17) is 5.73 Å². The Kier molecular flexibility index (Phi) is 3.69. The molecule has 20 heavy (non-hydrogen) atoms. The van der Waals surface area contributed by atoms with Gasteiger partial charge in [-0.2, -0.15) is 0 Å². The molecule has 1 aliphatic rings. The first-order chi connectivity index (χ1) is 9.78. The lowest BCUT2D eigenvalue weighted by Gasteiger charge is -2.31. The average molecular weight is 272 g/mol. The van der Waals surface area contributed by atoms with E-state index in [1.807, 2.05) is 28.9 Å². The summed E-state index contributed by atoms with van der Waals surface area (Å²) >= 11 is 0. The molecule has 5 heteroatoms. The Bertz CT molecular complexity index is 607. The molecule has 1 amide bonds. The van der Waals surface area contributed by atoms with Gasteiger partial charge in [-0.15, -0.1) is 0 Å². The Balaban J connectivity index is 1.74. The summed E-state index contributed by atoms with van der Waals surface area (Å²) in [6.07, 6.45) is 9.91. The molecular formula is C15H20N4O. The summed E-state index contributed by atoms with van der Waals surface area (Å²) in [6.45, 7) is 0.644. The molecule has 0 aliphatic heterocycles. The molecule has 5 nitrogen and oxygen atoms in total. The number of hydrogen-bond donors (Lipinski definition) is 2. The predicted octanol–water partition coefficient (Wildman–Crippen LogP) is 1.58. The van der Waals surface area contributed by atoms with Crippen LogP contribution in [0.15, 0.2) is 30.7 Å². The van der Waals surface area contributed by atoms with E-state index < -0.39 is 0 Å². The molecule has 0 spiro atoms. The third kappa shape index (κ3) is 2.54. The van der Waals surface area contributed by atoms with Gasteiger partial charge in [-0.1, -0.05) is 12.8 Å². The van der Waals surface area contributed by atoms with Gasteiger partial charge in [0, 0.05) is 24.6 Å². The zero-order chi connectivity index (χ0) is 13.9. The van der Waals surface area contributed by atoms with Crippen LogP contribution in [0.2, 0.25) is 0 Å². The molecule has 1 aliphatic carbocycles. The average Bonchev–Trinajstić information content (AvgIpc) is 2.95. The maximum absolute atomic E-state index is 12.4. The van der Waals surface area contributed by atoms with E-state index in [9.17, 15) is 4.79 Å². The van der Waals surface area contributed by atoms with Gasteiger partial charge in [-0.25, -0.2) is 4.98 Å². The Labute approximate surface area is 118 Å². The van der Waals surface area contributed by atoms with Crippen LogP contribution in [0.3, 0.4) is 0 Å².